The maximum atomic E-state index is 15.1. The van der Waals surface area contributed by atoms with Gasteiger partial charge in [-0.25, -0.2) is 17.5 Å². The monoisotopic (exact) mass is 451 g/mol. The van der Waals surface area contributed by atoms with E-state index in [0.717, 1.165) is 23.0 Å². The minimum absolute atomic E-state index is 0.265. The Bertz CT molecular complexity index is 1160. The molecule has 2 aromatic heterocycles. The van der Waals surface area contributed by atoms with E-state index in [4.69, 9.17) is 11.6 Å². The van der Waals surface area contributed by atoms with E-state index in [1.807, 2.05) is 12.3 Å². The molecule has 0 atom stereocenters. The second-order valence-electron chi connectivity index (χ2n) is 8.14. The van der Waals surface area contributed by atoms with Crippen molar-refractivity contribution in [1.29, 1.82) is 0 Å². The highest BCUT2D eigenvalue weighted by molar-refractivity contribution is 7.90. The van der Waals surface area contributed by atoms with Crippen LogP contribution in [0.3, 0.4) is 0 Å². The average Bonchev–Trinajstić information content (AvgIpc) is 2.97. The second-order valence-corrected chi connectivity index (χ2v) is 10.9. The van der Waals surface area contributed by atoms with Gasteiger partial charge in [0.25, 0.3) is 0 Å². The third-order valence-electron chi connectivity index (χ3n) is 5.00. The molecule has 0 aliphatic rings. The summed E-state index contributed by atoms with van der Waals surface area (Å²) in [6.07, 6.45) is 5.55. The zero-order chi connectivity index (χ0) is 22.1. The summed E-state index contributed by atoms with van der Waals surface area (Å²) in [7, 11) is -3.34. The number of rotatable bonds is 8. The summed E-state index contributed by atoms with van der Waals surface area (Å²) in [6, 6.07) is 5.03. The van der Waals surface area contributed by atoms with Gasteiger partial charge in [-0.05, 0) is 49.9 Å². The van der Waals surface area contributed by atoms with Crippen LogP contribution in [0, 0.1) is 11.7 Å². The number of fused-ring (bicyclic) bond motifs is 1. The lowest BCUT2D eigenvalue weighted by Gasteiger charge is -2.11. The number of benzene rings is 1. The van der Waals surface area contributed by atoms with Gasteiger partial charge in [-0.1, -0.05) is 25.4 Å². The van der Waals surface area contributed by atoms with Gasteiger partial charge in [0.15, 0.2) is 0 Å². The molecule has 0 amide bonds. The van der Waals surface area contributed by atoms with Crippen LogP contribution in [0.15, 0.2) is 36.8 Å². The molecular formula is C22H27ClFN3O2S. The first-order chi connectivity index (χ1) is 14.1. The van der Waals surface area contributed by atoms with E-state index >= 15 is 4.39 Å². The zero-order valence-corrected chi connectivity index (χ0v) is 19.2. The molecule has 0 spiro atoms. The molecule has 0 aliphatic carbocycles. The number of nitrogens with one attached hydrogen (secondary N) is 1. The van der Waals surface area contributed by atoms with E-state index in [0.29, 0.717) is 28.5 Å². The van der Waals surface area contributed by atoms with Crippen LogP contribution in [-0.4, -0.2) is 29.8 Å². The molecule has 1 N–H and O–H groups in total. The van der Waals surface area contributed by atoms with Crippen molar-refractivity contribution >= 4 is 32.5 Å². The van der Waals surface area contributed by atoms with E-state index < -0.39 is 15.3 Å². The van der Waals surface area contributed by atoms with Crippen LogP contribution in [0.2, 0.25) is 5.02 Å². The number of hydrogen-bond acceptors (Lipinski definition) is 3. The van der Waals surface area contributed by atoms with Gasteiger partial charge >= 0.3 is 0 Å². The van der Waals surface area contributed by atoms with Gasteiger partial charge in [0.2, 0.25) is 10.0 Å². The van der Waals surface area contributed by atoms with Crippen LogP contribution in [0.5, 0.6) is 0 Å². The van der Waals surface area contributed by atoms with Crippen molar-refractivity contribution in [3.05, 3.63) is 53.2 Å². The van der Waals surface area contributed by atoms with Crippen molar-refractivity contribution < 1.29 is 12.8 Å². The molecule has 30 heavy (non-hydrogen) atoms. The summed E-state index contributed by atoms with van der Waals surface area (Å²) in [6.45, 7) is 8.54. The lowest BCUT2D eigenvalue weighted by atomic mass is 10.0. The van der Waals surface area contributed by atoms with E-state index in [1.54, 1.807) is 26.1 Å². The fourth-order valence-electron chi connectivity index (χ4n) is 3.42. The third kappa shape index (κ3) is 4.85. The molecular weight excluding hydrogens is 425 g/mol. The second kappa shape index (κ2) is 9.04. The van der Waals surface area contributed by atoms with E-state index in [-0.39, 0.29) is 12.4 Å². The molecule has 1 aromatic carbocycles. The summed E-state index contributed by atoms with van der Waals surface area (Å²) in [4.78, 5) is 3.97. The van der Waals surface area contributed by atoms with Gasteiger partial charge in [0.1, 0.15) is 5.82 Å². The SMILES string of the molecule is CC(C)Cn1cc(CCNS(=O)(=O)C(C)C)c2cc(F)c(-c3ccncc3Cl)cc21. The normalized spacial score (nSPS) is 12.4. The average molecular weight is 452 g/mol. The van der Waals surface area contributed by atoms with Gasteiger partial charge in [0.05, 0.1) is 10.3 Å². The van der Waals surface area contributed by atoms with Crippen LogP contribution in [-0.2, 0) is 23.0 Å². The van der Waals surface area contributed by atoms with Crippen LogP contribution < -0.4 is 4.72 Å². The fraction of sp³-hybridized carbons (Fsp3) is 0.409. The van der Waals surface area contributed by atoms with Crippen molar-refractivity contribution in [2.75, 3.05) is 6.54 Å². The Labute approximate surface area is 182 Å². The van der Waals surface area contributed by atoms with Gasteiger partial charge in [0, 0.05) is 53.7 Å². The Kier molecular flexibility index (Phi) is 6.84. The Morgan fingerprint density at radius 2 is 1.93 bits per heavy atom. The minimum Gasteiger partial charge on any atom is -0.347 e. The van der Waals surface area contributed by atoms with Crippen molar-refractivity contribution in [2.24, 2.45) is 5.92 Å². The number of nitrogens with zero attached hydrogens (tertiary/aromatic N) is 2. The highest BCUT2D eigenvalue weighted by atomic mass is 35.5. The number of halogens is 2. The van der Waals surface area contributed by atoms with Gasteiger partial charge in [-0.3, -0.25) is 4.98 Å². The number of aromatic nitrogens is 2. The summed E-state index contributed by atoms with van der Waals surface area (Å²) in [5.41, 5.74) is 2.82. The molecule has 3 rings (SSSR count). The minimum atomic E-state index is -3.34. The first-order valence-corrected chi connectivity index (χ1v) is 11.9. The van der Waals surface area contributed by atoms with E-state index in [9.17, 15) is 8.42 Å². The Hall–Kier alpha value is -1.96. The van der Waals surface area contributed by atoms with Gasteiger partial charge in [-0.15, -0.1) is 0 Å². The Morgan fingerprint density at radius 1 is 1.20 bits per heavy atom. The summed E-state index contributed by atoms with van der Waals surface area (Å²) < 4.78 is 43.8. The Balaban J connectivity index is 2.03. The summed E-state index contributed by atoms with van der Waals surface area (Å²) in [5.74, 6) is 0.0211. The van der Waals surface area contributed by atoms with E-state index in [2.05, 4.69) is 28.1 Å². The van der Waals surface area contributed by atoms with Gasteiger partial charge < -0.3 is 4.57 Å². The van der Waals surface area contributed by atoms with Crippen molar-refractivity contribution in [2.45, 2.75) is 45.9 Å². The summed E-state index contributed by atoms with van der Waals surface area (Å²) in [5, 5.41) is 0.678. The smallest absolute Gasteiger partial charge is 0.213 e. The molecule has 162 valence electrons. The molecule has 8 heteroatoms. The lowest BCUT2D eigenvalue weighted by molar-refractivity contribution is 0.534. The largest absolute Gasteiger partial charge is 0.347 e. The molecule has 0 fully saturated rings. The Morgan fingerprint density at radius 3 is 2.57 bits per heavy atom. The van der Waals surface area contributed by atoms with Crippen LogP contribution >= 0.6 is 11.6 Å². The highest BCUT2D eigenvalue weighted by Crippen LogP contribution is 2.34. The van der Waals surface area contributed by atoms with Crippen LogP contribution in [0.25, 0.3) is 22.0 Å². The molecule has 2 heterocycles. The molecule has 0 bridgehead atoms. The van der Waals surface area contributed by atoms with Crippen LogP contribution in [0.1, 0.15) is 33.3 Å². The van der Waals surface area contributed by atoms with Crippen LogP contribution in [0.4, 0.5) is 4.39 Å². The maximum Gasteiger partial charge on any atom is 0.213 e. The number of hydrogen-bond donors (Lipinski definition) is 1. The standard InChI is InChI=1S/C22H27ClFN3O2S/c1-14(2)12-27-13-16(5-8-26-30(28,29)15(3)4)18-9-21(24)19(10-22(18)27)17-6-7-25-11-20(17)23/h6-7,9-11,13-15,26H,5,8,12H2,1-4H3. The van der Waals surface area contributed by atoms with Crippen molar-refractivity contribution in [1.82, 2.24) is 14.3 Å². The molecule has 0 aliphatic heterocycles. The molecule has 0 radical (unpaired) electrons. The molecule has 0 unspecified atom stereocenters. The van der Waals surface area contributed by atoms with Gasteiger partial charge in [-0.2, -0.15) is 0 Å². The lowest BCUT2D eigenvalue weighted by Crippen LogP contribution is -2.32. The maximum absolute atomic E-state index is 15.1. The topological polar surface area (TPSA) is 64.0 Å². The first-order valence-electron chi connectivity index (χ1n) is 9.99. The predicted molar refractivity (Wildman–Crippen MR) is 121 cm³/mol. The predicted octanol–water partition coefficient (Wildman–Crippen LogP) is 5.02. The highest BCUT2D eigenvalue weighted by Gasteiger charge is 2.18. The van der Waals surface area contributed by atoms with Crippen molar-refractivity contribution in [3.8, 4) is 11.1 Å². The number of pyridine rings is 1. The summed E-state index contributed by atoms with van der Waals surface area (Å²) >= 11 is 6.25. The quantitative estimate of drug-likeness (QED) is 0.522. The third-order valence-corrected chi connectivity index (χ3v) is 7.14. The molecule has 0 saturated carbocycles. The molecule has 5 nitrogen and oxygen atoms in total. The van der Waals surface area contributed by atoms with E-state index in [1.165, 1.54) is 12.3 Å². The zero-order valence-electron chi connectivity index (χ0n) is 17.6. The number of sulfonamides is 1. The fourth-order valence-corrected chi connectivity index (χ4v) is 4.36. The first kappa shape index (κ1) is 22.7. The molecule has 0 saturated heterocycles. The molecule has 3 aromatic rings. The van der Waals surface area contributed by atoms with Crippen molar-refractivity contribution in [3.63, 3.8) is 0 Å².